The lowest BCUT2D eigenvalue weighted by Gasteiger charge is -2.30. The zero-order chi connectivity index (χ0) is 41.4. The molecular formula is C47H97N2O6P. The molecule has 0 aliphatic carbocycles. The van der Waals surface area contributed by atoms with Gasteiger partial charge in [0, 0.05) is 6.42 Å². The molecule has 0 aliphatic heterocycles. The van der Waals surface area contributed by atoms with Crippen LogP contribution in [0.2, 0.25) is 0 Å². The largest absolute Gasteiger partial charge is 0.756 e. The topological polar surface area (TPSA) is 108 Å². The Morgan fingerprint density at radius 2 is 0.875 bits per heavy atom. The summed E-state index contributed by atoms with van der Waals surface area (Å²) >= 11 is 0. The predicted octanol–water partition coefficient (Wildman–Crippen LogP) is 13.1. The first-order valence-electron chi connectivity index (χ1n) is 24.4. The van der Waals surface area contributed by atoms with E-state index < -0.39 is 20.0 Å². The van der Waals surface area contributed by atoms with Crippen LogP contribution in [0.1, 0.15) is 245 Å². The van der Waals surface area contributed by atoms with Crippen LogP contribution in [0, 0.1) is 0 Å². The summed E-state index contributed by atoms with van der Waals surface area (Å²) in [6, 6.07) is -0.793. The molecule has 0 saturated carbocycles. The standard InChI is InChI=1S/C47H97N2O6P/c1-6-8-10-12-14-16-18-20-22-24-25-26-28-30-32-34-36-38-40-46(50)45(44-55-56(52,53)54-43-42-49(3,4)5)48-47(51)41-39-37-35-33-31-29-27-23-21-19-17-15-13-11-9-7-2/h45-46,50H,6-44H2,1-5H3,(H-,48,51,52,53). The molecule has 8 nitrogen and oxygen atoms in total. The number of nitrogens with one attached hydrogen (secondary N) is 1. The number of unbranched alkanes of at least 4 members (excludes halogenated alkanes) is 32. The van der Waals surface area contributed by atoms with E-state index in [1.807, 2.05) is 21.1 Å². The summed E-state index contributed by atoms with van der Waals surface area (Å²) in [5.41, 5.74) is 0. The van der Waals surface area contributed by atoms with Crippen molar-refractivity contribution < 1.29 is 32.9 Å². The van der Waals surface area contributed by atoms with Crippen molar-refractivity contribution in [1.29, 1.82) is 0 Å². The molecule has 0 aromatic rings. The van der Waals surface area contributed by atoms with Gasteiger partial charge in [0.15, 0.2) is 0 Å². The van der Waals surface area contributed by atoms with Crippen molar-refractivity contribution in [3.8, 4) is 0 Å². The van der Waals surface area contributed by atoms with Gasteiger partial charge in [0.05, 0.1) is 39.9 Å². The molecule has 0 heterocycles. The molecule has 0 aliphatic rings. The second-order valence-electron chi connectivity index (χ2n) is 18.2. The van der Waals surface area contributed by atoms with Crippen LogP contribution in [0.4, 0.5) is 0 Å². The second kappa shape index (κ2) is 39.9. The number of aliphatic hydroxyl groups is 1. The molecule has 3 atom stereocenters. The molecule has 1 amide bonds. The first-order valence-corrected chi connectivity index (χ1v) is 25.8. The summed E-state index contributed by atoms with van der Waals surface area (Å²) in [4.78, 5) is 25.4. The van der Waals surface area contributed by atoms with Gasteiger partial charge in [0.1, 0.15) is 13.2 Å². The van der Waals surface area contributed by atoms with Gasteiger partial charge in [0.25, 0.3) is 7.82 Å². The number of likely N-dealkylation sites (N-methyl/N-ethyl adjacent to an activating group) is 1. The third kappa shape index (κ3) is 41.7. The van der Waals surface area contributed by atoms with E-state index in [1.165, 1.54) is 180 Å². The second-order valence-corrected chi connectivity index (χ2v) is 19.6. The van der Waals surface area contributed by atoms with E-state index in [4.69, 9.17) is 9.05 Å². The number of phosphoric acid groups is 1. The van der Waals surface area contributed by atoms with E-state index in [9.17, 15) is 19.4 Å². The lowest BCUT2D eigenvalue weighted by Crippen LogP contribution is -2.46. The van der Waals surface area contributed by atoms with Crippen LogP contribution in [0.5, 0.6) is 0 Å². The highest BCUT2D eigenvalue weighted by molar-refractivity contribution is 7.45. The molecule has 0 spiro atoms. The molecule has 2 N–H and O–H groups in total. The number of amides is 1. The van der Waals surface area contributed by atoms with E-state index >= 15 is 0 Å². The maximum atomic E-state index is 12.9. The fourth-order valence-electron chi connectivity index (χ4n) is 7.45. The van der Waals surface area contributed by atoms with E-state index in [-0.39, 0.29) is 19.1 Å². The van der Waals surface area contributed by atoms with Gasteiger partial charge >= 0.3 is 0 Å². The molecule has 9 heteroatoms. The van der Waals surface area contributed by atoms with Crippen LogP contribution in [-0.4, -0.2) is 68.5 Å². The van der Waals surface area contributed by atoms with Crippen molar-refractivity contribution in [2.45, 2.75) is 257 Å². The Bertz CT molecular complexity index is 885. The van der Waals surface area contributed by atoms with Gasteiger partial charge in [-0.15, -0.1) is 0 Å². The minimum Gasteiger partial charge on any atom is -0.756 e. The van der Waals surface area contributed by atoms with Crippen molar-refractivity contribution in [2.75, 3.05) is 40.9 Å². The molecule has 56 heavy (non-hydrogen) atoms. The van der Waals surface area contributed by atoms with Gasteiger partial charge in [-0.25, -0.2) is 0 Å². The van der Waals surface area contributed by atoms with Gasteiger partial charge in [-0.05, 0) is 12.8 Å². The number of quaternary nitrogens is 1. The number of hydrogen-bond donors (Lipinski definition) is 2. The summed E-state index contributed by atoms with van der Waals surface area (Å²) in [6.07, 6.45) is 43.9. The lowest BCUT2D eigenvalue weighted by atomic mass is 10.0. The van der Waals surface area contributed by atoms with Crippen molar-refractivity contribution in [3.05, 3.63) is 0 Å². The van der Waals surface area contributed by atoms with Gasteiger partial charge in [-0.3, -0.25) is 9.36 Å². The SMILES string of the molecule is CCCCCCCCCCCCCCCCCCCCC(O)C(COP(=O)([O-])OCC[N+](C)(C)C)NC(=O)CCCCCCCCCCCCCCCCCC. The van der Waals surface area contributed by atoms with Gasteiger partial charge < -0.3 is 28.8 Å². The molecule has 0 radical (unpaired) electrons. The van der Waals surface area contributed by atoms with Crippen LogP contribution in [-0.2, 0) is 18.4 Å². The number of carbonyl (C=O) groups is 1. The van der Waals surface area contributed by atoms with E-state index in [0.29, 0.717) is 23.9 Å². The molecule has 0 bridgehead atoms. The van der Waals surface area contributed by atoms with Crippen molar-refractivity contribution in [3.63, 3.8) is 0 Å². The van der Waals surface area contributed by atoms with E-state index in [0.717, 1.165) is 38.5 Å². The summed E-state index contributed by atoms with van der Waals surface area (Å²) in [6.45, 7) is 4.75. The number of hydrogen-bond acceptors (Lipinski definition) is 6. The average molecular weight is 817 g/mol. The summed E-state index contributed by atoms with van der Waals surface area (Å²) < 4.78 is 23.3. The van der Waals surface area contributed by atoms with Gasteiger partial charge in [-0.1, -0.05) is 226 Å². The molecule has 0 rings (SSSR count). The number of phosphoric ester groups is 1. The van der Waals surface area contributed by atoms with Crippen LogP contribution in [0.3, 0.4) is 0 Å². The molecule has 0 fully saturated rings. The van der Waals surface area contributed by atoms with Crippen LogP contribution >= 0.6 is 7.82 Å². The Hall–Kier alpha value is -0.500. The third-order valence-electron chi connectivity index (χ3n) is 11.3. The highest BCUT2D eigenvalue weighted by atomic mass is 31.2. The van der Waals surface area contributed by atoms with E-state index in [2.05, 4.69) is 19.2 Å². The number of rotatable bonds is 45. The zero-order valence-corrected chi connectivity index (χ0v) is 39.0. The zero-order valence-electron chi connectivity index (χ0n) is 38.1. The predicted molar refractivity (Wildman–Crippen MR) is 238 cm³/mol. The third-order valence-corrected chi connectivity index (χ3v) is 12.3. The summed E-state index contributed by atoms with van der Waals surface area (Å²) in [5.74, 6) is -0.160. The monoisotopic (exact) mass is 817 g/mol. The normalized spacial score (nSPS) is 14.2. The van der Waals surface area contributed by atoms with Crippen molar-refractivity contribution >= 4 is 13.7 Å². The van der Waals surface area contributed by atoms with Crippen LogP contribution in [0.25, 0.3) is 0 Å². The fourth-order valence-corrected chi connectivity index (χ4v) is 8.18. The highest BCUT2D eigenvalue weighted by Crippen LogP contribution is 2.38. The minimum absolute atomic E-state index is 0.0163. The Morgan fingerprint density at radius 3 is 1.21 bits per heavy atom. The maximum absolute atomic E-state index is 12.9. The highest BCUT2D eigenvalue weighted by Gasteiger charge is 2.24. The first kappa shape index (κ1) is 55.5. The Morgan fingerprint density at radius 1 is 0.554 bits per heavy atom. The first-order chi connectivity index (χ1) is 27.0. The Kier molecular flexibility index (Phi) is 39.6. The quantitative estimate of drug-likeness (QED) is 0.0360. The molecular weight excluding hydrogens is 719 g/mol. The lowest BCUT2D eigenvalue weighted by molar-refractivity contribution is -0.870. The minimum atomic E-state index is -4.56. The fraction of sp³-hybridized carbons (Fsp3) is 0.979. The van der Waals surface area contributed by atoms with Gasteiger partial charge in [-0.2, -0.15) is 0 Å². The van der Waals surface area contributed by atoms with Crippen LogP contribution < -0.4 is 10.2 Å². The van der Waals surface area contributed by atoms with Crippen molar-refractivity contribution in [2.24, 2.45) is 0 Å². The summed E-state index contributed by atoms with van der Waals surface area (Å²) in [5, 5.41) is 14.0. The van der Waals surface area contributed by atoms with Crippen molar-refractivity contribution in [1.82, 2.24) is 5.32 Å². The van der Waals surface area contributed by atoms with Crippen LogP contribution in [0.15, 0.2) is 0 Å². The van der Waals surface area contributed by atoms with Gasteiger partial charge in [0.2, 0.25) is 5.91 Å². The Balaban J connectivity index is 4.27. The smallest absolute Gasteiger partial charge is 0.268 e. The molecule has 0 aromatic carbocycles. The molecule has 336 valence electrons. The average Bonchev–Trinajstić information content (AvgIpc) is 3.15. The number of nitrogens with zero attached hydrogens (tertiary/aromatic N) is 1. The number of carbonyl (C=O) groups excluding carboxylic acids is 1. The maximum Gasteiger partial charge on any atom is 0.268 e. The Labute approximate surface area is 349 Å². The van der Waals surface area contributed by atoms with E-state index in [1.54, 1.807) is 0 Å². The molecule has 0 saturated heterocycles. The molecule has 3 unspecified atom stereocenters. The number of aliphatic hydroxyl groups excluding tert-OH is 1. The molecule has 0 aromatic heterocycles. The summed E-state index contributed by atoms with van der Waals surface area (Å²) in [7, 11) is 1.32.